The number of rotatable bonds is 2. The van der Waals surface area contributed by atoms with Crippen molar-refractivity contribution in [3.05, 3.63) is 47.5 Å². The quantitative estimate of drug-likeness (QED) is 0.596. The third-order valence-electron chi connectivity index (χ3n) is 2.57. The summed E-state index contributed by atoms with van der Waals surface area (Å²) in [4.78, 5) is 0. The van der Waals surface area contributed by atoms with E-state index in [1.165, 1.54) is 6.21 Å². The van der Waals surface area contributed by atoms with Gasteiger partial charge in [0.2, 0.25) is 0 Å². The summed E-state index contributed by atoms with van der Waals surface area (Å²) >= 11 is 0. The molecule has 2 aromatic carbocycles. The molecule has 2 aromatic rings. The van der Waals surface area contributed by atoms with Crippen LogP contribution >= 0.6 is 0 Å². The van der Waals surface area contributed by atoms with E-state index < -0.39 is 0 Å². The number of aliphatic hydroxyl groups excluding tert-OH is 1. The van der Waals surface area contributed by atoms with Crippen LogP contribution in [-0.2, 0) is 0 Å². The second-order valence-electron chi connectivity index (χ2n) is 3.67. The lowest BCUT2D eigenvalue weighted by Gasteiger charge is -2.03. The average Bonchev–Trinajstić information content (AvgIpc) is 2.39. The van der Waals surface area contributed by atoms with E-state index in [1.54, 1.807) is 0 Å². The van der Waals surface area contributed by atoms with Gasteiger partial charge >= 0.3 is 0 Å². The lowest BCUT2D eigenvalue weighted by molar-refractivity contribution is 0.305. The van der Waals surface area contributed by atoms with E-state index in [9.17, 15) is 0 Å². The molecule has 0 fully saturated rings. The summed E-state index contributed by atoms with van der Waals surface area (Å²) in [7, 11) is 0. The van der Waals surface area contributed by atoms with Crippen molar-refractivity contribution in [3.8, 4) is 11.8 Å². The number of aliphatic hydroxyl groups is 1. The highest BCUT2D eigenvalue weighted by Crippen LogP contribution is 2.21. The molecule has 0 saturated carbocycles. The number of fused-ring (bicyclic) bond motifs is 1. The van der Waals surface area contributed by atoms with Gasteiger partial charge in [-0.1, -0.05) is 42.2 Å². The third-order valence-corrected chi connectivity index (χ3v) is 2.57. The van der Waals surface area contributed by atoms with E-state index in [-0.39, 0.29) is 6.61 Å². The standard InChI is InChI=1S/C15H13NO/c16-11-13-9-8-12(5-3-4-10-17)14-6-1-2-7-15(13)14/h1-2,6-9,11,16-17H,4,10H2. The minimum atomic E-state index is 0.0868. The van der Waals surface area contributed by atoms with Crippen LogP contribution in [0, 0.1) is 17.3 Å². The Morgan fingerprint density at radius 3 is 2.59 bits per heavy atom. The van der Waals surface area contributed by atoms with E-state index in [1.807, 2.05) is 36.4 Å². The molecule has 0 radical (unpaired) electrons. The second kappa shape index (κ2) is 5.29. The van der Waals surface area contributed by atoms with Crippen LogP contribution in [0.2, 0.25) is 0 Å². The van der Waals surface area contributed by atoms with E-state index in [2.05, 4.69) is 11.8 Å². The molecule has 0 heterocycles. The van der Waals surface area contributed by atoms with E-state index in [0.717, 1.165) is 21.9 Å². The van der Waals surface area contributed by atoms with Crippen molar-refractivity contribution in [2.45, 2.75) is 6.42 Å². The molecule has 2 nitrogen and oxygen atoms in total. The van der Waals surface area contributed by atoms with Gasteiger partial charge in [-0.15, -0.1) is 0 Å². The summed E-state index contributed by atoms with van der Waals surface area (Å²) < 4.78 is 0. The molecule has 0 aliphatic heterocycles. The first-order valence-corrected chi connectivity index (χ1v) is 5.49. The Labute approximate surface area is 100 Å². The van der Waals surface area contributed by atoms with Crippen LogP contribution < -0.4 is 0 Å². The van der Waals surface area contributed by atoms with Gasteiger partial charge in [-0.2, -0.15) is 0 Å². The van der Waals surface area contributed by atoms with Crippen LogP contribution in [0.5, 0.6) is 0 Å². The molecule has 0 aliphatic rings. The Morgan fingerprint density at radius 1 is 1.12 bits per heavy atom. The van der Waals surface area contributed by atoms with Gasteiger partial charge in [0.25, 0.3) is 0 Å². The zero-order valence-electron chi connectivity index (χ0n) is 9.40. The molecule has 0 atom stereocenters. The number of benzene rings is 2. The molecule has 0 aliphatic carbocycles. The average molecular weight is 223 g/mol. The van der Waals surface area contributed by atoms with Gasteiger partial charge in [0.05, 0.1) is 6.61 Å². The van der Waals surface area contributed by atoms with Crippen LogP contribution in [0.25, 0.3) is 10.8 Å². The Bertz CT molecular complexity index is 605. The van der Waals surface area contributed by atoms with Crippen LogP contribution in [0.1, 0.15) is 17.5 Å². The highest BCUT2D eigenvalue weighted by atomic mass is 16.2. The van der Waals surface area contributed by atoms with Crippen molar-refractivity contribution < 1.29 is 5.11 Å². The highest BCUT2D eigenvalue weighted by molar-refractivity contribution is 6.01. The summed E-state index contributed by atoms with van der Waals surface area (Å²) in [5.41, 5.74) is 1.84. The van der Waals surface area contributed by atoms with Crippen molar-refractivity contribution in [2.24, 2.45) is 0 Å². The fraction of sp³-hybridized carbons (Fsp3) is 0.133. The molecule has 84 valence electrons. The van der Waals surface area contributed by atoms with E-state index in [0.29, 0.717) is 6.42 Å². The third kappa shape index (κ3) is 2.35. The molecule has 0 saturated heterocycles. The van der Waals surface area contributed by atoms with Crippen molar-refractivity contribution in [3.63, 3.8) is 0 Å². The molecular formula is C15H13NO. The van der Waals surface area contributed by atoms with Crippen LogP contribution in [0.4, 0.5) is 0 Å². The second-order valence-corrected chi connectivity index (χ2v) is 3.67. The minimum Gasteiger partial charge on any atom is -0.395 e. The van der Waals surface area contributed by atoms with E-state index in [4.69, 9.17) is 10.5 Å². The molecule has 17 heavy (non-hydrogen) atoms. The maximum Gasteiger partial charge on any atom is 0.0540 e. The van der Waals surface area contributed by atoms with Gasteiger partial charge in [0.1, 0.15) is 0 Å². The van der Waals surface area contributed by atoms with Crippen molar-refractivity contribution in [2.75, 3.05) is 6.61 Å². The Morgan fingerprint density at radius 2 is 1.88 bits per heavy atom. The Hall–Kier alpha value is -2.11. The maximum absolute atomic E-state index is 8.71. The van der Waals surface area contributed by atoms with Crippen molar-refractivity contribution in [1.82, 2.24) is 0 Å². The maximum atomic E-state index is 8.71. The highest BCUT2D eigenvalue weighted by Gasteiger charge is 2.01. The lowest BCUT2D eigenvalue weighted by Crippen LogP contribution is -1.87. The summed E-state index contributed by atoms with van der Waals surface area (Å²) in [6.45, 7) is 0.0868. The number of nitrogens with one attached hydrogen (secondary N) is 1. The number of hydrogen-bond donors (Lipinski definition) is 2. The van der Waals surface area contributed by atoms with Crippen LogP contribution in [0.15, 0.2) is 36.4 Å². The first-order valence-electron chi connectivity index (χ1n) is 5.49. The summed E-state index contributed by atoms with van der Waals surface area (Å²) in [5, 5.41) is 18.2. The van der Waals surface area contributed by atoms with Gasteiger partial charge in [0, 0.05) is 18.2 Å². The SMILES string of the molecule is N=Cc1ccc(C#CCCO)c2ccccc12. The fourth-order valence-electron chi connectivity index (χ4n) is 1.77. The molecule has 0 unspecified atom stereocenters. The zero-order chi connectivity index (χ0) is 12.1. The molecule has 2 heteroatoms. The van der Waals surface area contributed by atoms with Crippen LogP contribution in [0.3, 0.4) is 0 Å². The van der Waals surface area contributed by atoms with E-state index >= 15 is 0 Å². The summed E-state index contributed by atoms with van der Waals surface area (Å²) in [6, 6.07) is 11.7. The van der Waals surface area contributed by atoms with Crippen LogP contribution in [-0.4, -0.2) is 17.9 Å². The summed E-state index contributed by atoms with van der Waals surface area (Å²) in [5.74, 6) is 5.98. The van der Waals surface area contributed by atoms with Gasteiger partial charge in [-0.3, -0.25) is 0 Å². The van der Waals surface area contributed by atoms with Crippen molar-refractivity contribution >= 4 is 17.0 Å². The summed E-state index contributed by atoms with van der Waals surface area (Å²) in [6.07, 6.45) is 1.84. The van der Waals surface area contributed by atoms with Crippen molar-refractivity contribution in [1.29, 1.82) is 5.41 Å². The largest absolute Gasteiger partial charge is 0.395 e. The molecule has 0 aromatic heterocycles. The predicted molar refractivity (Wildman–Crippen MR) is 70.4 cm³/mol. The monoisotopic (exact) mass is 223 g/mol. The molecule has 0 spiro atoms. The smallest absolute Gasteiger partial charge is 0.0540 e. The first kappa shape index (κ1) is 11.4. The topological polar surface area (TPSA) is 44.1 Å². The Balaban J connectivity index is 2.60. The molecule has 0 amide bonds. The number of hydrogen-bond acceptors (Lipinski definition) is 2. The molecular weight excluding hydrogens is 210 g/mol. The van der Waals surface area contributed by atoms with Gasteiger partial charge in [0.15, 0.2) is 0 Å². The van der Waals surface area contributed by atoms with Gasteiger partial charge in [-0.05, 0) is 22.4 Å². The lowest BCUT2D eigenvalue weighted by atomic mass is 10.0. The van der Waals surface area contributed by atoms with Gasteiger partial charge in [-0.25, -0.2) is 0 Å². The predicted octanol–water partition coefficient (Wildman–Crippen LogP) is 2.57. The minimum absolute atomic E-state index is 0.0868. The Kier molecular flexibility index (Phi) is 3.54. The van der Waals surface area contributed by atoms with Gasteiger partial charge < -0.3 is 10.5 Å². The molecule has 2 rings (SSSR count). The fourth-order valence-corrected chi connectivity index (χ4v) is 1.77. The molecule has 0 bridgehead atoms. The first-order chi connectivity index (χ1) is 8.36. The zero-order valence-corrected chi connectivity index (χ0v) is 9.40. The molecule has 2 N–H and O–H groups in total. The normalized spacial score (nSPS) is 9.71.